The standard InChI is InChI=1S/C28H37ClO7/c1-7-24(34)36-28(23(33)14-35-17(4)30)16(3)11-20-21-10-15(2)19-12-18(31)8-9-25(19,5)27(21,29)22(32)13-26(20,28)6/h8-9,12,15-16,20-22,32H,7,10-11,13-14H2,1-6H3/t15?,16?,20-,21-,22?,25-,26-,27-,28-/m0/s1. The number of ketones is 2. The SMILES string of the molecule is CCC(=O)O[C@]1(C(=O)COC(C)=O)C(C)C[C@H]2[C@@H]3CC(C)C4=CC(=O)C=C[C@]4(C)[C@@]3(Cl)C(O)C[C@@]21C. The predicted molar refractivity (Wildman–Crippen MR) is 133 cm³/mol. The molecule has 3 saturated carbocycles. The molecule has 0 heterocycles. The van der Waals surface area contributed by atoms with Crippen molar-refractivity contribution in [3.63, 3.8) is 0 Å². The first kappa shape index (κ1) is 27.1. The third-order valence-electron chi connectivity index (χ3n) is 9.89. The molecule has 0 aromatic carbocycles. The second-order valence-corrected chi connectivity index (χ2v) is 12.3. The number of halogens is 1. The van der Waals surface area contributed by atoms with Crippen molar-refractivity contribution in [1.29, 1.82) is 0 Å². The van der Waals surface area contributed by atoms with Crippen molar-refractivity contribution in [2.24, 2.45) is 34.5 Å². The Morgan fingerprint density at radius 3 is 2.44 bits per heavy atom. The third kappa shape index (κ3) is 3.41. The first-order valence-corrected chi connectivity index (χ1v) is 13.3. The van der Waals surface area contributed by atoms with Crippen LogP contribution in [0.5, 0.6) is 0 Å². The smallest absolute Gasteiger partial charge is 0.306 e. The average Bonchev–Trinajstić information content (AvgIpc) is 3.02. The predicted octanol–water partition coefficient (Wildman–Crippen LogP) is 3.94. The number of hydrogen-bond donors (Lipinski definition) is 1. The van der Waals surface area contributed by atoms with Crippen molar-refractivity contribution in [1.82, 2.24) is 0 Å². The van der Waals surface area contributed by atoms with E-state index in [2.05, 4.69) is 6.92 Å². The molecule has 1 N–H and O–H groups in total. The summed E-state index contributed by atoms with van der Waals surface area (Å²) in [6, 6.07) is 0. The van der Waals surface area contributed by atoms with Crippen molar-refractivity contribution in [3.8, 4) is 0 Å². The van der Waals surface area contributed by atoms with Gasteiger partial charge in [-0.25, -0.2) is 0 Å². The molecule has 36 heavy (non-hydrogen) atoms. The summed E-state index contributed by atoms with van der Waals surface area (Å²) < 4.78 is 11.1. The van der Waals surface area contributed by atoms with Gasteiger partial charge in [-0.3, -0.25) is 19.2 Å². The van der Waals surface area contributed by atoms with Crippen molar-refractivity contribution < 1.29 is 33.8 Å². The lowest BCUT2D eigenvalue weighted by molar-refractivity contribution is -0.204. The summed E-state index contributed by atoms with van der Waals surface area (Å²) in [6.45, 7) is 10.2. The molecule has 0 aromatic rings. The zero-order valence-corrected chi connectivity index (χ0v) is 22.7. The first-order valence-electron chi connectivity index (χ1n) is 12.9. The maximum Gasteiger partial charge on any atom is 0.306 e. The fraction of sp³-hybridized carbons (Fsp3) is 0.714. The molecule has 3 unspecified atom stereocenters. The van der Waals surface area contributed by atoms with Gasteiger partial charge in [0.25, 0.3) is 0 Å². The quantitative estimate of drug-likeness (QED) is 0.432. The molecular formula is C28H37ClO7. The lowest BCUT2D eigenvalue weighted by Crippen LogP contribution is -2.70. The maximum atomic E-state index is 13.8. The Balaban J connectivity index is 1.85. The number of aliphatic hydroxyl groups excluding tert-OH is 1. The molecule has 198 valence electrons. The van der Waals surface area contributed by atoms with Crippen LogP contribution in [0.3, 0.4) is 0 Å². The highest BCUT2D eigenvalue weighted by molar-refractivity contribution is 6.26. The number of ether oxygens (including phenoxy) is 2. The zero-order valence-electron chi connectivity index (χ0n) is 21.9. The summed E-state index contributed by atoms with van der Waals surface area (Å²) >= 11 is 7.52. The molecule has 7 nitrogen and oxygen atoms in total. The van der Waals surface area contributed by atoms with E-state index in [1.807, 2.05) is 26.8 Å². The molecule has 3 fully saturated rings. The highest BCUT2D eigenvalue weighted by Gasteiger charge is 2.76. The highest BCUT2D eigenvalue weighted by atomic mass is 35.5. The van der Waals surface area contributed by atoms with Crippen molar-refractivity contribution in [2.45, 2.75) is 83.8 Å². The maximum absolute atomic E-state index is 13.8. The largest absolute Gasteiger partial charge is 0.458 e. The summed E-state index contributed by atoms with van der Waals surface area (Å²) in [6.07, 6.45) is 5.38. The molecule has 4 rings (SSSR count). The Morgan fingerprint density at radius 1 is 1.17 bits per heavy atom. The minimum absolute atomic E-state index is 0.0376. The summed E-state index contributed by atoms with van der Waals surface area (Å²) in [5, 5.41) is 11.8. The zero-order chi connectivity index (χ0) is 26.8. The molecule has 4 aliphatic rings. The molecule has 0 amide bonds. The molecule has 0 saturated heterocycles. The van der Waals surface area contributed by atoms with Gasteiger partial charge in [-0.1, -0.05) is 46.3 Å². The van der Waals surface area contributed by atoms with E-state index in [4.69, 9.17) is 21.1 Å². The molecule has 0 aliphatic heterocycles. The van der Waals surface area contributed by atoms with Gasteiger partial charge in [0.05, 0.1) is 11.0 Å². The molecule has 9 atom stereocenters. The number of hydrogen-bond acceptors (Lipinski definition) is 7. The van der Waals surface area contributed by atoms with Gasteiger partial charge in [-0.15, -0.1) is 11.6 Å². The number of rotatable bonds is 5. The summed E-state index contributed by atoms with van der Waals surface area (Å²) in [5.74, 6) is -2.36. The van der Waals surface area contributed by atoms with Crippen LogP contribution in [0.4, 0.5) is 0 Å². The minimum atomic E-state index is -1.56. The number of Topliss-reactive ketones (excluding diaryl/α,β-unsaturated/α-hetero) is 1. The summed E-state index contributed by atoms with van der Waals surface area (Å²) in [4.78, 5) is 49.2. The number of allylic oxidation sites excluding steroid dienone is 4. The van der Waals surface area contributed by atoms with Gasteiger partial charge >= 0.3 is 11.9 Å². The van der Waals surface area contributed by atoms with E-state index >= 15 is 0 Å². The van der Waals surface area contributed by atoms with Gasteiger partial charge in [0.2, 0.25) is 5.78 Å². The normalized spacial score (nSPS) is 45.2. The summed E-state index contributed by atoms with van der Waals surface area (Å²) in [7, 11) is 0. The van der Waals surface area contributed by atoms with Gasteiger partial charge in [-0.2, -0.15) is 0 Å². The number of aliphatic hydroxyl groups is 1. The fourth-order valence-electron chi connectivity index (χ4n) is 8.31. The lowest BCUT2D eigenvalue weighted by Gasteiger charge is -2.65. The second kappa shape index (κ2) is 8.80. The van der Waals surface area contributed by atoms with Crippen LogP contribution >= 0.6 is 11.6 Å². The van der Waals surface area contributed by atoms with Gasteiger partial charge in [-0.05, 0) is 49.2 Å². The molecule has 0 radical (unpaired) electrons. The van der Waals surface area contributed by atoms with Crippen molar-refractivity contribution in [3.05, 3.63) is 23.8 Å². The fourth-order valence-corrected chi connectivity index (χ4v) is 8.80. The Morgan fingerprint density at radius 2 is 1.83 bits per heavy atom. The van der Waals surface area contributed by atoms with Crippen LogP contribution in [-0.2, 0) is 28.7 Å². The Labute approximate surface area is 217 Å². The van der Waals surface area contributed by atoms with Crippen LogP contribution in [0.15, 0.2) is 23.8 Å². The van der Waals surface area contributed by atoms with E-state index in [-0.39, 0.29) is 42.3 Å². The van der Waals surface area contributed by atoms with Gasteiger partial charge in [0.1, 0.15) is 0 Å². The third-order valence-corrected chi connectivity index (χ3v) is 10.8. The lowest BCUT2D eigenvalue weighted by atomic mass is 9.44. The molecule has 8 heteroatoms. The monoisotopic (exact) mass is 520 g/mol. The number of carbonyl (C=O) groups excluding carboxylic acids is 4. The second-order valence-electron chi connectivity index (χ2n) is 11.7. The number of fused-ring (bicyclic) bond motifs is 5. The van der Waals surface area contributed by atoms with E-state index in [1.54, 1.807) is 13.0 Å². The minimum Gasteiger partial charge on any atom is -0.458 e. The topological polar surface area (TPSA) is 107 Å². The van der Waals surface area contributed by atoms with Gasteiger partial charge < -0.3 is 14.6 Å². The van der Waals surface area contributed by atoms with E-state index < -0.39 is 51.7 Å². The van der Waals surface area contributed by atoms with Crippen LogP contribution < -0.4 is 0 Å². The summed E-state index contributed by atoms with van der Waals surface area (Å²) in [5.41, 5.74) is -2.31. The van der Waals surface area contributed by atoms with E-state index in [0.717, 1.165) is 5.57 Å². The molecule has 0 bridgehead atoms. The Hall–Kier alpha value is -1.99. The van der Waals surface area contributed by atoms with Gasteiger partial charge in [0, 0.05) is 30.1 Å². The van der Waals surface area contributed by atoms with Crippen LogP contribution in [0.1, 0.15) is 67.2 Å². The molecule has 4 aliphatic carbocycles. The Kier molecular flexibility index (Phi) is 6.61. The van der Waals surface area contributed by atoms with Gasteiger partial charge in [0.15, 0.2) is 18.0 Å². The number of esters is 2. The average molecular weight is 521 g/mol. The van der Waals surface area contributed by atoms with E-state index in [1.165, 1.54) is 13.0 Å². The van der Waals surface area contributed by atoms with Crippen molar-refractivity contribution in [2.75, 3.05) is 6.61 Å². The van der Waals surface area contributed by atoms with Crippen LogP contribution in [0.25, 0.3) is 0 Å². The van der Waals surface area contributed by atoms with Crippen LogP contribution in [0, 0.1) is 34.5 Å². The Bertz CT molecular complexity index is 1060. The molecule has 0 aromatic heterocycles. The van der Waals surface area contributed by atoms with Crippen LogP contribution in [0.2, 0.25) is 0 Å². The molecule has 0 spiro atoms. The van der Waals surface area contributed by atoms with E-state index in [9.17, 15) is 24.3 Å². The highest BCUT2D eigenvalue weighted by Crippen LogP contribution is 2.72. The van der Waals surface area contributed by atoms with Crippen molar-refractivity contribution >= 4 is 35.1 Å². The first-order chi connectivity index (χ1) is 16.7. The number of carbonyl (C=O) groups is 4. The number of alkyl halides is 1. The molecular weight excluding hydrogens is 484 g/mol. The van der Waals surface area contributed by atoms with Crippen LogP contribution in [-0.4, -0.2) is 51.8 Å². The van der Waals surface area contributed by atoms with E-state index in [0.29, 0.717) is 12.8 Å².